The number of guanidine groups is 1. The number of halogens is 2. The van der Waals surface area contributed by atoms with Crippen LogP contribution in [0.1, 0.15) is 24.8 Å². The molecule has 0 bridgehead atoms. The Bertz CT molecular complexity index is 638. The van der Waals surface area contributed by atoms with Crippen LogP contribution in [0.2, 0.25) is 0 Å². The first kappa shape index (κ1) is 20.5. The molecule has 138 valence electrons. The van der Waals surface area contributed by atoms with Gasteiger partial charge in [-0.05, 0) is 30.0 Å². The van der Waals surface area contributed by atoms with Gasteiger partial charge in [-0.25, -0.2) is 0 Å². The van der Waals surface area contributed by atoms with Gasteiger partial charge in [-0.1, -0.05) is 35.0 Å². The lowest BCUT2D eigenvalue weighted by Crippen LogP contribution is -2.42. The molecule has 1 saturated carbocycles. The van der Waals surface area contributed by atoms with Gasteiger partial charge in [0, 0.05) is 36.6 Å². The number of benzene rings is 1. The minimum Gasteiger partial charge on any atom is -0.469 e. The van der Waals surface area contributed by atoms with Crippen LogP contribution in [0, 0.1) is 11.8 Å². The molecule has 25 heavy (non-hydrogen) atoms. The molecule has 1 heterocycles. The quantitative estimate of drug-likeness (QED) is 0.287. The molecule has 0 amide bonds. The fourth-order valence-electron chi connectivity index (χ4n) is 3.49. The Morgan fingerprint density at radius 3 is 2.60 bits per heavy atom. The van der Waals surface area contributed by atoms with Crippen molar-refractivity contribution in [3.05, 3.63) is 34.3 Å². The first-order valence-electron chi connectivity index (χ1n) is 8.35. The van der Waals surface area contributed by atoms with Crippen LogP contribution in [-0.4, -0.2) is 50.1 Å². The summed E-state index contributed by atoms with van der Waals surface area (Å²) >= 11 is 3.48. The summed E-state index contributed by atoms with van der Waals surface area (Å²) in [6.07, 6.45) is 1.12. The topological polar surface area (TPSA) is 53.9 Å². The van der Waals surface area contributed by atoms with Gasteiger partial charge in [-0.15, -0.1) is 24.0 Å². The third kappa shape index (κ3) is 4.67. The lowest BCUT2D eigenvalue weighted by atomic mass is 9.99. The minimum absolute atomic E-state index is 0. The van der Waals surface area contributed by atoms with Gasteiger partial charge in [0.2, 0.25) is 0 Å². The molecule has 2 aliphatic rings. The average molecular weight is 522 g/mol. The van der Waals surface area contributed by atoms with Crippen molar-refractivity contribution in [3.63, 3.8) is 0 Å². The van der Waals surface area contributed by atoms with Crippen molar-refractivity contribution in [3.8, 4) is 0 Å². The average Bonchev–Trinajstić information content (AvgIpc) is 3.25. The number of hydrogen-bond acceptors (Lipinski definition) is 3. The second-order valence-electron chi connectivity index (χ2n) is 6.70. The Balaban J connectivity index is 0.00000225. The molecule has 3 rings (SSSR count). The highest BCUT2D eigenvalue weighted by Gasteiger charge is 2.42. The van der Waals surface area contributed by atoms with Crippen LogP contribution < -0.4 is 5.32 Å². The Morgan fingerprint density at radius 2 is 2.00 bits per heavy atom. The van der Waals surface area contributed by atoms with E-state index in [9.17, 15) is 4.79 Å². The molecule has 1 N–H and O–H groups in total. The maximum atomic E-state index is 11.9. The summed E-state index contributed by atoms with van der Waals surface area (Å²) in [4.78, 5) is 18.5. The zero-order valence-electron chi connectivity index (χ0n) is 14.7. The highest BCUT2D eigenvalue weighted by atomic mass is 127. The Hall–Kier alpha value is -0.830. The van der Waals surface area contributed by atoms with Crippen molar-refractivity contribution in [1.82, 2.24) is 10.2 Å². The standard InChI is InChI=1S/C18H24BrN3O2.HI/c1-11-9-22(10-15(11)17(23)24-3)18(20-2)21-16-8-14(16)12-4-6-13(19)7-5-12;/h4-7,11,14-16H,8-10H2,1-3H3,(H,20,21);1H. The van der Waals surface area contributed by atoms with E-state index in [0.29, 0.717) is 18.5 Å². The summed E-state index contributed by atoms with van der Waals surface area (Å²) in [7, 11) is 3.26. The maximum Gasteiger partial charge on any atom is 0.310 e. The number of esters is 1. The normalized spacial score (nSPS) is 28.3. The van der Waals surface area contributed by atoms with E-state index in [4.69, 9.17) is 4.74 Å². The number of likely N-dealkylation sites (tertiary alicyclic amines) is 1. The van der Waals surface area contributed by atoms with Gasteiger partial charge < -0.3 is 15.0 Å². The molecule has 1 saturated heterocycles. The van der Waals surface area contributed by atoms with Crippen molar-refractivity contribution in [2.24, 2.45) is 16.8 Å². The van der Waals surface area contributed by atoms with Crippen LogP contribution in [0.4, 0.5) is 0 Å². The molecule has 1 aliphatic carbocycles. The lowest BCUT2D eigenvalue weighted by molar-refractivity contribution is -0.145. The lowest BCUT2D eigenvalue weighted by Gasteiger charge is -2.21. The second kappa shape index (κ2) is 8.70. The van der Waals surface area contributed by atoms with Crippen LogP contribution in [-0.2, 0) is 9.53 Å². The van der Waals surface area contributed by atoms with Crippen molar-refractivity contribution in [1.29, 1.82) is 0 Å². The van der Waals surface area contributed by atoms with Crippen molar-refractivity contribution in [2.45, 2.75) is 25.3 Å². The number of methoxy groups -OCH3 is 1. The fraction of sp³-hybridized carbons (Fsp3) is 0.556. The maximum absolute atomic E-state index is 11.9. The molecule has 5 nitrogen and oxygen atoms in total. The van der Waals surface area contributed by atoms with E-state index < -0.39 is 0 Å². The first-order valence-corrected chi connectivity index (χ1v) is 9.14. The first-order chi connectivity index (χ1) is 11.5. The summed E-state index contributed by atoms with van der Waals surface area (Å²) in [5, 5.41) is 3.56. The molecule has 0 radical (unpaired) electrons. The van der Waals surface area contributed by atoms with Gasteiger partial charge in [0.05, 0.1) is 13.0 Å². The third-order valence-electron chi connectivity index (χ3n) is 5.03. The highest BCUT2D eigenvalue weighted by molar-refractivity contribution is 14.0. The molecule has 2 fully saturated rings. The molecule has 1 aromatic carbocycles. The van der Waals surface area contributed by atoms with Crippen LogP contribution >= 0.6 is 39.9 Å². The Morgan fingerprint density at radius 1 is 1.32 bits per heavy atom. The zero-order valence-corrected chi connectivity index (χ0v) is 18.7. The second-order valence-corrected chi connectivity index (χ2v) is 7.62. The summed E-state index contributed by atoms with van der Waals surface area (Å²) in [6.45, 7) is 3.59. The largest absolute Gasteiger partial charge is 0.469 e. The van der Waals surface area contributed by atoms with E-state index in [1.54, 1.807) is 7.05 Å². The van der Waals surface area contributed by atoms with Gasteiger partial charge >= 0.3 is 5.97 Å². The number of carbonyl (C=O) groups excluding carboxylic acids is 1. The molecule has 1 aromatic rings. The van der Waals surface area contributed by atoms with Crippen molar-refractivity contribution >= 4 is 51.8 Å². The number of carbonyl (C=O) groups is 1. The Labute approximate surface area is 174 Å². The zero-order chi connectivity index (χ0) is 17.3. The number of hydrogen-bond donors (Lipinski definition) is 1. The van der Waals surface area contributed by atoms with Gasteiger partial charge in [-0.3, -0.25) is 9.79 Å². The summed E-state index contributed by atoms with van der Waals surface area (Å²) in [6, 6.07) is 8.93. The predicted octanol–water partition coefficient (Wildman–Crippen LogP) is 3.24. The third-order valence-corrected chi connectivity index (χ3v) is 5.56. The smallest absolute Gasteiger partial charge is 0.310 e. The summed E-state index contributed by atoms with van der Waals surface area (Å²) in [5.74, 6) is 1.50. The predicted molar refractivity (Wildman–Crippen MR) is 113 cm³/mol. The number of nitrogens with one attached hydrogen (secondary N) is 1. The van der Waals surface area contributed by atoms with E-state index in [1.807, 2.05) is 0 Å². The molecule has 4 atom stereocenters. The van der Waals surface area contributed by atoms with Gasteiger partial charge in [0.15, 0.2) is 5.96 Å². The molecular weight excluding hydrogens is 497 g/mol. The van der Waals surface area contributed by atoms with Crippen LogP contribution in [0.5, 0.6) is 0 Å². The Kier molecular flexibility index (Phi) is 7.13. The van der Waals surface area contributed by atoms with E-state index in [2.05, 4.69) is 62.3 Å². The summed E-state index contributed by atoms with van der Waals surface area (Å²) in [5.41, 5.74) is 1.35. The van der Waals surface area contributed by atoms with Gasteiger partial charge in [0.25, 0.3) is 0 Å². The number of nitrogens with zero attached hydrogens (tertiary/aromatic N) is 2. The molecule has 1 aliphatic heterocycles. The van der Waals surface area contributed by atoms with Crippen LogP contribution in [0.15, 0.2) is 33.7 Å². The SMILES string of the molecule is CN=C(NC1CC1c1ccc(Br)cc1)N1CC(C)C(C(=O)OC)C1.I. The van der Waals surface area contributed by atoms with Crippen LogP contribution in [0.25, 0.3) is 0 Å². The van der Waals surface area contributed by atoms with E-state index in [1.165, 1.54) is 12.7 Å². The number of rotatable bonds is 3. The molecule has 0 spiro atoms. The van der Waals surface area contributed by atoms with E-state index in [-0.39, 0.29) is 41.8 Å². The number of aliphatic imine (C=N–C) groups is 1. The van der Waals surface area contributed by atoms with Gasteiger partial charge in [0.1, 0.15) is 0 Å². The molecular formula is C18H25BrIN3O2. The number of ether oxygens (including phenoxy) is 1. The van der Waals surface area contributed by atoms with Gasteiger partial charge in [-0.2, -0.15) is 0 Å². The molecule has 4 unspecified atom stereocenters. The molecule has 0 aromatic heterocycles. The van der Waals surface area contributed by atoms with E-state index in [0.717, 1.165) is 23.4 Å². The van der Waals surface area contributed by atoms with E-state index >= 15 is 0 Å². The fourth-order valence-corrected chi connectivity index (χ4v) is 3.76. The summed E-state index contributed by atoms with van der Waals surface area (Å²) < 4.78 is 6.02. The van der Waals surface area contributed by atoms with Crippen molar-refractivity contribution < 1.29 is 9.53 Å². The van der Waals surface area contributed by atoms with Crippen molar-refractivity contribution in [2.75, 3.05) is 27.2 Å². The monoisotopic (exact) mass is 521 g/mol. The minimum atomic E-state index is -0.125. The highest BCUT2D eigenvalue weighted by Crippen LogP contribution is 2.41. The molecule has 7 heteroatoms. The van der Waals surface area contributed by atoms with Crippen LogP contribution in [0.3, 0.4) is 0 Å².